The Morgan fingerprint density at radius 2 is 1.79 bits per heavy atom. The Bertz CT molecular complexity index is 1500. The average Bonchev–Trinajstić information content (AvgIpc) is 3.49. The van der Waals surface area contributed by atoms with Crippen LogP contribution < -0.4 is 10.1 Å². The summed E-state index contributed by atoms with van der Waals surface area (Å²) < 4.78 is 12.9. The summed E-state index contributed by atoms with van der Waals surface area (Å²) in [5.74, 6) is 0.527. The van der Waals surface area contributed by atoms with Gasteiger partial charge in [0.05, 0.1) is 12.9 Å². The minimum absolute atomic E-state index is 0.0611. The number of rotatable bonds is 9. The van der Waals surface area contributed by atoms with E-state index in [1.54, 1.807) is 22.1 Å². The molecule has 12 heteroatoms. The maximum Gasteiger partial charge on any atom is 0.341 e. The van der Waals surface area contributed by atoms with Crippen molar-refractivity contribution in [1.82, 2.24) is 14.8 Å². The fourth-order valence-electron chi connectivity index (χ4n) is 3.93. The summed E-state index contributed by atoms with van der Waals surface area (Å²) >= 11 is 14.7. The molecule has 1 N–H and O–H groups in total. The van der Waals surface area contributed by atoms with Gasteiger partial charge < -0.3 is 19.4 Å². The fraction of sp³-hybridized carbons (Fsp3) is 0.259. The Balaban J connectivity index is 1.43. The number of nitrogens with zero attached hydrogens (tertiary/aromatic N) is 3. The van der Waals surface area contributed by atoms with Crippen LogP contribution in [-0.2, 0) is 16.6 Å². The van der Waals surface area contributed by atoms with Gasteiger partial charge in [-0.2, -0.15) is 0 Å². The van der Waals surface area contributed by atoms with Crippen LogP contribution in [0.3, 0.4) is 0 Å². The Kier molecular flexibility index (Phi) is 9.22. The molecule has 39 heavy (non-hydrogen) atoms. The third kappa shape index (κ3) is 6.58. The van der Waals surface area contributed by atoms with Gasteiger partial charge in [-0.05, 0) is 61.7 Å². The first-order valence-electron chi connectivity index (χ1n) is 11.8. The normalized spacial score (nSPS) is 11.8. The number of anilines is 1. The third-order valence-electron chi connectivity index (χ3n) is 5.88. The fourth-order valence-corrected chi connectivity index (χ4v) is 5.85. The van der Waals surface area contributed by atoms with Crippen LogP contribution in [0.5, 0.6) is 5.75 Å². The molecule has 0 aliphatic carbocycles. The Morgan fingerprint density at radius 1 is 1.13 bits per heavy atom. The molecule has 4 aromatic rings. The lowest BCUT2D eigenvalue weighted by Crippen LogP contribution is -2.16. The second-order valence-corrected chi connectivity index (χ2v) is 11.4. The highest BCUT2D eigenvalue weighted by Gasteiger charge is 2.23. The average molecular weight is 606 g/mol. The summed E-state index contributed by atoms with van der Waals surface area (Å²) in [5, 5.41) is 15.4. The van der Waals surface area contributed by atoms with Gasteiger partial charge in [-0.3, -0.25) is 4.79 Å². The van der Waals surface area contributed by atoms with Crippen LogP contribution in [0.15, 0.2) is 46.9 Å². The molecule has 2 heterocycles. The van der Waals surface area contributed by atoms with Crippen molar-refractivity contribution >= 4 is 63.2 Å². The maximum absolute atomic E-state index is 12.8. The molecular formula is C27H26Cl2N4O4S2. The number of ether oxygens (including phenoxy) is 2. The standard InChI is InChI=1S/C27H26Cl2N4O4S2/c1-14-10-19(11-15(2)23(14)29)37-16(3)24-31-32-27(33(24)4)39-13-21(34)30-25-22(26(35)36-5)20(12-38-25)17-6-8-18(28)9-7-17/h6-12,16H,13H2,1-5H3,(H,30,34). The van der Waals surface area contributed by atoms with Crippen molar-refractivity contribution in [2.45, 2.75) is 32.0 Å². The maximum atomic E-state index is 12.8. The highest BCUT2D eigenvalue weighted by molar-refractivity contribution is 7.99. The summed E-state index contributed by atoms with van der Waals surface area (Å²) in [7, 11) is 3.12. The molecule has 1 atom stereocenters. The lowest BCUT2D eigenvalue weighted by molar-refractivity contribution is -0.113. The number of esters is 1. The molecule has 4 rings (SSSR count). The molecule has 1 unspecified atom stereocenters. The molecule has 0 fully saturated rings. The quantitative estimate of drug-likeness (QED) is 0.160. The van der Waals surface area contributed by atoms with E-state index in [1.807, 2.05) is 52.1 Å². The van der Waals surface area contributed by atoms with E-state index in [1.165, 1.54) is 30.2 Å². The van der Waals surface area contributed by atoms with Gasteiger partial charge in [0.1, 0.15) is 16.3 Å². The van der Waals surface area contributed by atoms with E-state index in [2.05, 4.69) is 15.5 Å². The predicted molar refractivity (Wildman–Crippen MR) is 156 cm³/mol. The molecular weight excluding hydrogens is 579 g/mol. The second-order valence-electron chi connectivity index (χ2n) is 8.72. The van der Waals surface area contributed by atoms with Crippen LogP contribution in [-0.4, -0.2) is 39.5 Å². The van der Waals surface area contributed by atoms with Crippen molar-refractivity contribution < 1.29 is 19.1 Å². The Labute approximate surface area is 244 Å². The van der Waals surface area contributed by atoms with Gasteiger partial charge in [0.25, 0.3) is 0 Å². The molecule has 2 aromatic carbocycles. The SMILES string of the molecule is COC(=O)c1c(-c2ccc(Cl)cc2)csc1NC(=O)CSc1nnc(C(C)Oc2cc(C)c(Cl)c(C)c2)n1C. The first-order valence-corrected chi connectivity index (χ1v) is 14.4. The van der Waals surface area contributed by atoms with Crippen molar-refractivity contribution in [2.24, 2.45) is 7.05 Å². The number of methoxy groups -OCH3 is 1. The minimum atomic E-state index is -0.540. The van der Waals surface area contributed by atoms with Gasteiger partial charge in [-0.15, -0.1) is 21.5 Å². The van der Waals surface area contributed by atoms with Crippen LogP contribution in [0.4, 0.5) is 5.00 Å². The molecule has 0 radical (unpaired) electrons. The molecule has 0 saturated carbocycles. The van der Waals surface area contributed by atoms with Gasteiger partial charge in [0.15, 0.2) is 17.1 Å². The summed E-state index contributed by atoms with van der Waals surface area (Å²) in [4.78, 5) is 25.4. The van der Waals surface area contributed by atoms with Crippen LogP contribution in [0.25, 0.3) is 11.1 Å². The third-order valence-corrected chi connectivity index (χ3v) is 8.64. The number of nitrogens with one attached hydrogen (secondary N) is 1. The smallest absolute Gasteiger partial charge is 0.341 e. The van der Waals surface area contributed by atoms with Crippen molar-refractivity contribution in [1.29, 1.82) is 0 Å². The zero-order valence-electron chi connectivity index (χ0n) is 21.9. The van der Waals surface area contributed by atoms with E-state index in [0.717, 1.165) is 16.7 Å². The summed E-state index contributed by atoms with van der Waals surface area (Å²) in [5.41, 5.74) is 3.60. The molecule has 1 amide bonds. The topological polar surface area (TPSA) is 95.3 Å². The highest BCUT2D eigenvalue weighted by atomic mass is 35.5. The Hall–Kier alpha value is -3.05. The number of carbonyl (C=O) groups is 2. The second kappa shape index (κ2) is 12.4. The number of aryl methyl sites for hydroxylation is 2. The largest absolute Gasteiger partial charge is 0.483 e. The van der Waals surface area contributed by atoms with E-state index < -0.39 is 5.97 Å². The molecule has 204 valence electrons. The van der Waals surface area contributed by atoms with Crippen molar-refractivity contribution in [3.63, 3.8) is 0 Å². The van der Waals surface area contributed by atoms with E-state index in [9.17, 15) is 9.59 Å². The first kappa shape index (κ1) is 28.9. The van der Waals surface area contributed by atoms with Gasteiger partial charge in [-0.1, -0.05) is 47.1 Å². The number of benzene rings is 2. The van der Waals surface area contributed by atoms with Gasteiger partial charge in [-0.25, -0.2) is 4.79 Å². The number of aromatic nitrogens is 3. The van der Waals surface area contributed by atoms with Gasteiger partial charge in [0.2, 0.25) is 5.91 Å². The summed E-state index contributed by atoms with van der Waals surface area (Å²) in [6.07, 6.45) is -0.384. The van der Waals surface area contributed by atoms with E-state index >= 15 is 0 Å². The number of thiophene rings is 1. The summed E-state index contributed by atoms with van der Waals surface area (Å²) in [6.45, 7) is 5.74. The number of halogens is 2. The number of carbonyl (C=O) groups excluding carboxylic acids is 2. The number of hydrogen-bond donors (Lipinski definition) is 1. The first-order chi connectivity index (χ1) is 18.6. The van der Waals surface area contributed by atoms with E-state index in [4.69, 9.17) is 32.7 Å². The van der Waals surface area contributed by atoms with Crippen molar-refractivity contribution in [3.8, 4) is 16.9 Å². The molecule has 0 saturated heterocycles. The van der Waals surface area contributed by atoms with Crippen LogP contribution in [0, 0.1) is 13.8 Å². The highest BCUT2D eigenvalue weighted by Crippen LogP contribution is 2.37. The zero-order valence-corrected chi connectivity index (χ0v) is 25.0. The Morgan fingerprint density at radius 3 is 2.44 bits per heavy atom. The molecule has 2 aromatic heterocycles. The van der Waals surface area contributed by atoms with Crippen LogP contribution in [0.2, 0.25) is 10.0 Å². The number of hydrogen-bond acceptors (Lipinski definition) is 8. The summed E-state index contributed by atoms with van der Waals surface area (Å²) in [6, 6.07) is 10.9. The van der Waals surface area contributed by atoms with E-state index in [0.29, 0.717) is 42.9 Å². The lowest BCUT2D eigenvalue weighted by Gasteiger charge is -2.16. The van der Waals surface area contributed by atoms with Crippen LogP contribution in [0.1, 0.15) is 40.3 Å². The van der Waals surface area contributed by atoms with Crippen molar-refractivity contribution in [3.05, 3.63) is 74.3 Å². The molecule has 8 nitrogen and oxygen atoms in total. The number of amides is 1. The van der Waals surface area contributed by atoms with Crippen molar-refractivity contribution in [2.75, 3.05) is 18.2 Å². The van der Waals surface area contributed by atoms with E-state index in [-0.39, 0.29) is 17.8 Å². The molecule has 0 aliphatic rings. The minimum Gasteiger partial charge on any atom is -0.483 e. The lowest BCUT2D eigenvalue weighted by atomic mass is 10.0. The van der Waals surface area contributed by atoms with Gasteiger partial charge >= 0.3 is 5.97 Å². The molecule has 0 aliphatic heterocycles. The van der Waals surface area contributed by atoms with Crippen LogP contribution >= 0.6 is 46.3 Å². The molecule has 0 spiro atoms. The molecule has 0 bridgehead atoms. The van der Waals surface area contributed by atoms with Gasteiger partial charge in [0, 0.05) is 28.0 Å². The zero-order chi connectivity index (χ0) is 28.3. The number of thioether (sulfide) groups is 1. The monoisotopic (exact) mass is 604 g/mol. The predicted octanol–water partition coefficient (Wildman–Crippen LogP) is 7.12.